The number of amides is 1. The van der Waals surface area contributed by atoms with Crippen LogP contribution in [0.4, 0.5) is 0 Å². The van der Waals surface area contributed by atoms with Gasteiger partial charge in [-0.15, -0.1) is 0 Å². The smallest absolute Gasteiger partial charge is 0.303 e. The van der Waals surface area contributed by atoms with E-state index in [0.29, 0.717) is 6.42 Å². The van der Waals surface area contributed by atoms with Gasteiger partial charge >= 0.3 is 5.97 Å². The quantitative estimate of drug-likeness (QED) is 0.697. The molecule has 0 heterocycles. The zero-order chi connectivity index (χ0) is 14.3. The van der Waals surface area contributed by atoms with E-state index in [-0.39, 0.29) is 17.7 Å². The molecule has 0 aliphatic heterocycles. The molecule has 0 saturated heterocycles. The summed E-state index contributed by atoms with van der Waals surface area (Å²) in [5, 5.41) is 9.04. The second-order valence-electron chi connectivity index (χ2n) is 5.62. The molecule has 1 N–H and O–H groups in total. The van der Waals surface area contributed by atoms with Gasteiger partial charge in [-0.05, 0) is 36.7 Å². The van der Waals surface area contributed by atoms with E-state index < -0.39 is 5.97 Å². The highest BCUT2D eigenvalue weighted by atomic mass is 32.2. The zero-order valence-electron chi connectivity index (χ0n) is 12.0. The summed E-state index contributed by atoms with van der Waals surface area (Å²) in [6, 6.07) is 0. The van der Waals surface area contributed by atoms with Crippen molar-refractivity contribution in [2.75, 3.05) is 25.6 Å². The molecule has 1 fully saturated rings. The Balaban J connectivity index is 2.49. The summed E-state index contributed by atoms with van der Waals surface area (Å²) in [7, 11) is 1.83. The second kappa shape index (κ2) is 7.78. The van der Waals surface area contributed by atoms with Crippen molar-refractivity contribution in [3.05, 3.63) is 0 Å². The first-order valence-electron chi connectivity index (χ1n) is 6.94. The SMILES string of the molecule is CSCCCN(C)C(=O)CC1(CC(=O)O)CCCC1. The van der Waals surface area contributed by atoms with Gasteiger partial charge in [0, 0.05) is 20.0 Å². The van der Waals surface area contributed by atoms with E-state index in [4.69, 9.17) is 5.11 Å². The largest absolute Gasteiger partial charge is 0.481 e. The molecular formula is C14H25NO3S. The van der Waals surface area contributed by atoms with Crippen LogP contribution in [0.25, 0.3) is 0 Å². The molecule has 1 rings (SSSR count). The molecule has 1 saturated carbocycles. The van der Waals surface area contributed by atoms with Crippen LogP contribution in [-0.2, 0) is 9.59 Å². The third-order valence-electron chi connectivity index (χ3n) is 3.98. The van der Waals surface area contributed by atoms with Crippen LogP contribution in [0, 0.1) is 5.41 Å². The van der Waals surface area contributed by atoms with Crippen LogP contribution in [0.2, 0.25) is 0 Å². The lowest BCUT2D eigenvalue weighted by atomic mass is 9.79. The maximum atomic E-state index is 12.2. The van der Waals surface area contributed by atoms with Gasteiger partial charge in [-0.2, -0.15) is 11.8 Å². The number of thioether (sulfide) groups is 1. The fourth-order valence-electron chi connectivity index (χ4n) is 2.89. The molecule has 0 unspecified atom stereocenters. The van der Waals surface area contributed by atoms with E-state index >= 15 is 0 Å². The van der Waals surface area contributed by atoms with Crippen molar-refractivity contribution in [1.29, 1.82) is 0 Å². The first-order valence-corrected chi connectivity index (χ1v) is 8.33. The Hall–Kier alpha value is -0.710. The Kier molecular flexibility index (Phi) is 6.69. The molecule has 0 aromatic rings. The molecule has 0 aromatic heterocycles. The lowest BCUT2D eigenvalue weighted by molar-refractivity contribution is -0.141. The standard InChI is InChI=1S/C14H25NO3S/c1-15(8-5-9-19-2)12(16)10-14(11-13(17)18)6-3-4-7-14/h3-11H2,1-2H3,(H,17,18). The van der Waals surface area contributed by atoms with Gasteiger partial charge in [-0.25, -0.2) is 0 Å². The monoisotopic (exact) mass is 287 g/mol. The Bertz CT molecular complexity index is 314. The number of hydrogen-bond donors (Lipinski definition) is 1. The van der Waals surface area contributed by atoms with Crippen LogP contribution in [-0.4, -0.2) is 47.5 Å². The highest BCUT2D eigenvalue weighted by Gasteiger charge is 2.38. The number of aliphatic carboxylic acids is 1. The van der Waals surface area contributed by atoms with Gasteiger partial charge in [0.05, 0.1) is 6.42 Å². The van der Waals surface area contributed by atoms with Crippen LogP contribution in [0.5, 0.6) is 0 Å². The minimum absolute atomic E-state index is 0.101. The number of carbonyl (C=O) groups excluding carboxylic acids is 1. The Morgan fingerprint density at radius 2 is 1.89 bits per heavy atom. The molecule has 5 heteroatoms. The number of carbonyl (C=O) groups is 2. The number of carboxylic acid groups (broad SMARTS) is 1. The lowest BCUT2D eigenvalue weighted by Crippen LogP contribution is -2.34. The molecule has 1 aliphatic rings. The Morgan fingerprint density at radius 3 is 2.42 bits per heavy atom. The fraction of sp³-hybridized carbons (Fsp3) is 0.857. The van der Waals surface area contributed by atoms with E-state index in [0.717, 1.165) is 44.4 Å². The third kappa shape index (κ3) is 5.43. The first kappa shape index (κ1) is 16.3. The van der Waals surface area contributed by atoms with E-state index in [1.165, 1.54) is 0 Å². The van der Waals surface area contributed by atoms with Gasteiger partial charge in [-0.1, -0.05) is 12.8 Å². The molecular weight excluding hydrogens is 262 g/mol. The Morgan fingerprint density at radius 1 is 1.26 bits per heavy atom. The van der Waals surface area contributed by atoms with Crippen molar-refractivity contribution in [2.45, 2.75) is 44.9 Å². The number of carboxylic acids is 1. The summed E-state index contributed by atoms with van der Waals surface area (Å²) in [4.78, 5) is 25.0. The van der Waals surface area contributed by atoms with Crippen LogP contribution in [0.15, 0.2) is 0 Å². The maximum absolute atomic E-state index is 12.2. The van der Waals surface area contributed by atoms with Crippen molar-refractivity contribution < 1.29 is 14.7 Å². The fourth-order valence-corrected chi connectivity index (χ4v) is 3.31. The molecule has 1 aliphatic carbocycles. The molecule has 0 aromatic carbocycles. The van der Waals surface area contributed by atoms with Crippen LogP contribution < -0.4 is 0 Å². The predicted molar refractivity (Wildman–Crippen MR) is 78.4 cm³/mol. The summed E-state index contributed by atoms with van der Waals surface area (Å²) in [6.45, 7) is 0.767. The van der Waals surface area contributed by atoms with E-state index in [1.807, 2.05) is 7.05 Å². The van der Waals surface area contributed by atoms with Crippen LogP contribution in [0.3, 0.4) is 0 Å². The van der Waals surface area contributed by atoms with Crippen molar-refractivity contribution in [3.8, 4) is 0 Å². The van der Waals surface area contributed by atoms with Crippen molar-refractivity contribution in [3.63, 3.8) is 0 Å². The maximum Gasteiger partial charge on any atom is 0.303 e. The molecule has 0 spiro atoms. The van der Waals surface area contributed by atoms with Gasteiger partial charge < -0.3 is 10.0 Å². The van der Waals surface area contributed by atoms with Gasteiger partial charge in [0.15, 0.2) is 0 Å². The zero-order valence-corrected chi connectivity index (χ0v) is 12.8. The molecule has 19 heavy (non-hydrogen) atoms. The average Bonchev–Trinajstić information content (AvgIpc) is 2.76. The van der Waals surface area contributed by atoms with Gasteiger partial charge in [0.25, 0.3) is 0 Å². The number of hydrogen-bond acceptors (Lipinski definition) is 3. The van der Waals surface area contributed by atoms with Crippen molar-refractivity contribution >= 4 is 23.6 Å². The second-order valence-corrected chi connectivity index (χ2v) is 6.60. The number of nitrogens with zero attached hydrogens (tertiary/aromatic N) is 1. The minimum atomic E-state index is -0.778. The van der Waals surface area contributed by atoms with E-state index in [1.54, 1.807) is 16.7 Å². The average molecular weight is 287 g/mol. The molecule has 0 radical (unpaired) electrons. The molecule has 1 amide bonds. The van der Waals surface area contributed by atoms with Gasteiger partial charge in [0.2, 0.25) is 5.91 Å². The van der Waals surface area contributed by atoms with Gasteiger partial charge in [-0.3, -0.25) is 9.59 Å². The summed E-state index contributed by atoms with van der Waals surface area (Å²) in [6.07, 6.45) is 7.45. The van der Waals surface area contributed by atoms with Crippen LogP contribution in [0.1, 0.15) is 44.9 Å². The van der Waals surface area contributed by atoms with Crippen molar-refractivity contribution in [2.24, 2.45) is 5.41 Å². The number of rotatable bonds is 8. The Labute approximate surface area is 119 Å². The van der Waals surface area contributed by atoms with Crippen LogP contribution >= 0.6 is 11.8 Å². The summed E-state index contributed by atoms with van der Waals surface area (Å²) in [5.74, 6) is 0.377. The first-order chi connectivity index (χ1) is 8.99. The summed E-state index contributed by atoms with van der Waals surface area (Å²) in [5.41, 5.74) is -0.281. The third-order valence-corrected chi connectivity index (χ3v) is 4.68. The summed E-state index contributed by atoms with van der Waals surface area (Å²) < 4.78 is 0. The molecule has 4 nitrogen and oxygen atoms in total. The van der Waals surface area contributed by atoms with E-state index in [2.05, 4.69) is 6.26 Å². The lowest BCUT2D eigenvalue weighted by Gasteiger charge is -2.29. The predicted octanol–water partition coefficient (Wildman–Crippen LogP) is 2.62. The molecule has 0 bridgehead atoms. The highest BCUT2D eigenvalue weighted by Crippen LogP contribution is 2.44. The van der Waals surface area contributed by atoms with Gasteiger partial charge in [0.1, 0.15) is 0 Å². The van der Waals surface area contributed by atoms with E-state index in [9.17, 15) is 9.59 Å². The topological polar surface area (TPSA) is 57.6 Å². The molecule has 0 atom stereocenters. The highest BCUT2D eigenvalue weighted by molar-refractivity contribution is 7.98. The minimum Gasteiger partial charge on any atom is -0.481 e. The normalized spacial score (nSPS) is 17.4. The summed E-state index contributed by atoms with van der Waals surface area (Å²) >= 11 is 1.78. The molecule has 110 valence electrons. The van der Waals surface area contributed by atoms with Crippen molar-refractivity contribution in [1.82, 2.24) is 4.90 Å².